The summed E-state index contributed by atoms with van der Waals surface area (Å²) in [5.41, 5.74) is -0.0383. The minimum Gasteiger partial charge on any atom is -0.469 e. The first-order valence-electron chi connectivity index (χ1n) is 14.3. The smallest absolute Gasteiger partial charge is 0.305 e. The molecule has 0 aromatic heterocycles. The van der Waals surface area contributed by atoms with Crippen LogP contribution in [0.2, 0.25) is 0 Å². The predicted molar refractivity (Wildman–Crippen MR) is 142 cm³/mol. The number of hydrogen-bond donors (Lipinski definition) is 2. The van der Waals surface area contributed by atoms with Gasteiger partial charge in [0.1, 0.15) is 0 Å². The molecule has 4 aliphatic rings. The maximum absolute atomic E-state index is 12.2. The molecule has 36 heavy (non-hydrogen) atoms. The Balaban J connectivity index is 1.68. The van der Waals surface area contributed by atoms with Gasteiger partial charge in [-0.25, -0.2) is 0 Å². The van der Waals surface area contributed by atoms with E-state index < -0.39 is 11.7 Å². The first kappa shape index (κ1) is 28.1. The summed E-state index contributed by atoms with van der Waals surface area (Å²) in [6, 6.07) is 0. The highest BCUT2D eigenvalue weighted by Crippen LogP contribution is 2.74. The lowest BCUT2D eigenvalue weighted by molar-refractivity contribution is -0.219. The standard InChI is InChI=1S/C31H52O5/c1-19(2)20-10-15-29(6)23(28(20,5)14-13-25(33)35-9)18-22(32)26-21(11-16-30(26,29)7)31(8)17-12-24(36-31)27(3,4)34/h20-24,26,32,34H,1,10-18H2,2-9H3. The highest BCUT2D eigenvalue weighted by Gasteiger charge is 2.70. The summed E-state index contributed by atoms with van der Waals surface area (Å²) >= 11 is 0. The van der Waals surface area contributed by atoms with Gasteiger partial charge >= 0.3 is 5.97 Å². The number of esters is 1. The van der Waals surface area contributed by atoms with Crippen molar-refractivity contribution in [1.82, 2.24) is 0 Å². The molecule has 0 amide bonds. The summed E-state index contributed by atoms with van der Waals surface area (Å²) in [6.45, 7) is 19.7. The Morgan fingerprint density at radius 2 is 1.72 bits per heavy atom. The number of aliphatic hydroxyl groups excluding tert-OH is 1. The second kappa shape index (κ2) is 9.09. The maximum Gasteiger partial charge on any atom is 0.305 e. The van der Waals surface area contributed by atoms with Gasteiger partial charge < -0.3 is 19.7 Å². The third-order valence-corrected chi connectivity index (χ3v) is 12.2. The molecular weight excluding hydrogens is 452 g/mol. The van der Waals surface area contributed by atoms with Gasteiger partial charge in [0.25, 0.3) is 0 Å². The molecule has 5 heteroatoms. The largest absolute Gasteiger partial charge is 0.469 e. The monoisotopic (exact) mass is 504 g/mol. The Hall–Kier alpha value is -0.910. The van der Waals surface area contributed by atoms with Crippen molar-refractivity contribution in [2.45, 2.75) is 130 Å². The van der Waals surface area contributed by atoms with Gasteiger partial charge in [-0.2, -0.15) is 0 Å². The molecular formula is C31H52O5. The number of fused-ring (bicyclic) bond motifs is 3. The van der Waals surface area contributed by atoms with Crippen LogP contribution < -0.4 is 0 Å². The Bertz CT molecular complexity index is 877. The highest BCUT2D eigenvalue weighted by molar-refractivity contribution is 5.69. The Labute approximate surface area is 219 Å². The van der Waals surface area contributed by atoms with Gasteiger partial charge in [0.15, 0.2) is 0 Å². The van der Waals surface area contributed by atoms with E-state index in [1.54, 1.807) is 0 Å². The summed E-state index contributed by atoms with van der Waals surface area (Å²) in [6.07, 6.45) is 7.52. The van der Waals surface area contributed by atoms with E-state index in [0.717, 1.165) is 51.4 Å². The van der Waals surface area contributed by atoms with E-state index in [0.29, 0.717) is 18.3 Å². The minimum absolute atomic E-state index is 0.00818. The molecule has 0 aromatic rings. The molecule has 1 heterocycles. The van der Waals surface area contributed by atoms with Crippen LogP contribution in [0.5, 0.6) is 0 Å². The third kappa shape index (κ3) is 4.11. The molecule has 10 unspecified atom stereocenters. The van der Waals surface area contributed by atoms with Crippen LogP contribution in [0, 0.1) is 39.9 Å². The van der Waals surface area contributed by atoms with Gasteiger partial charge in [-0.3, -0.25) is 4.79 Å². The second-order valence-electron chi connectivity index (χ2n) is 14.5. The molecule has 1 aliphatic heterocycles. The zero-order valence-electron chi connectivity index (χ0n) is 24.2. The normalized spacial score (nSPS) is 48.8. The molecule has 10 atom stereocenters. The maximum atomic E-state index is 12.2. The third-order valence-electron chi connectivity index (χ3n) is 12.2. The summed E-state index contributed by atoms with van der Waals surface area (Å²) in [5.74, 6) is 0.950. The van der Waals surface area contributed by atoms with Crippen molar-refractivity contribution in [3.8, 4) is 0 Å². The van der Waals surface area contributed by atoms with Crippen molar-refractivity contribution in [2.24, 2.45) is 39.9 Å². The summed E-state index contributed by atoms with van der Waals surface area (Å²) in [5, 5.41) is 22.6. The van der Waals surface area contributed by atoms with Crippen molar-refractivity contribution in [3.05, 3.63) is 12.2 Å². The number of carbonyl (C=O) groups excluding carboxylic acids is 1. The molecule has 4 fully saturated rings. The van der Waals surface area contributed by atoms with Crippen LogP contribution in [0.4, 0.5) is 0 Å². The zero-order chi connectivity index (χ0) is 26.9. The topological polar surface area (TPSA) is 76.0 Å². The van der Waals surface area contributed by atoms with Crippen LogP contribution in [0.15, 0.2) is 12.2 Å². The van der Waals surface area contributed by atoms with E-state index in [2.05, 4.69) is 41.2 Å². The molecule has 0 radical (unpaired) electrons. The van der Waals surface area contributed by atoms with Crippen molar-refractivity contribution in [3.63, 3.8) is 0 Å². The van der Waals surface area contributed by atoms with E-state index in [9.17, 15) is 15.0 Å². The lowest BCUT2D eigenvalue weighted by atomic mass is 9.37. The average Bonchev–Trinajstić information content (AvgIpc) is 3.37. The zero-order valence-corrected chi connectivity index (χ0v) is 24.2. The molecule has 4 rings (SSSR count). The number of aliphatic hydroxyl groups is 2. The average molecular weight is 505 g/mol. The van der Waals surface area contributed by atoms with Crippen molar-refractivity contribution < 1.29 is 24.5 Å². The second-order valence-corrected chi connectivity index (χ2v) is 14.5. The van der Waals surface area contributed by atoms with E-state index >= 15 is 0 Å². The van der Waals surface area contributed by atoms with Crippen LogP contribution in [0.1, 0.15) is 106 Å². The molecule has 5 nitrogen and oxygen atoms in total. The molecule has 206 valence electrons. The molecule has 0 bridgehead atoms. The lowest BCUT2D eigenvalue weighted by Gasteiger charge is -2.67. The number of rotatable bonds is 6. The lowest BCUT2D eigenvalue weighted by Crippen LogP contribution is -2.63. The molecule has 2 N–H and O–H groups in total. The van der Waals surface area contributed by atoms with Crippen molar-refractivity contribution in [1.29, 1.82) is 0 Å². The fraction of sp³-hybridized carbons (Fsp3) is 0.903. The molecule has 0 spiro atoms. The van der Waals surface area contributed by atoms with Crippen LogP contribution in [0.3, 0.4) is 0 Å². The Morgan fingerprint density at radius 3 is 2.28 bits per heavy atom. The van der Waals surface area contributed by atoms with E-state index in [1.807, 2.05) is 13.8 Å². The van der Waals surface area contributed by atoms with Gasteiger partial charge in [0.05, 0.1) is 30.5 Å². The van der Waals surface area contributed by atoms with E-state index in [1.165, 1.54) is 12.7 Å². The SMILES string of the molecule is C=C(C)C1CCC2(C)C(CC(O)C3C(C4(C)CCC(C(C)(C)O)O4)CCC32C)C1(C)CCC(=O)OC. The first-order valence-corrected chi connectivity index (χ1v) is 14.3. The fourth-order valence-corrected chi connectivity index (χ4v) is 10.1. The van der Waals surface area contributed by atoms with Crippen molar-refractivity contribution in [2.75, 3.05) is 7.11 Å². The van der Waals surface area contributed by atoms with Gasteiger partial charge in [-0.15, -0.1) is 0 Å². The van der Waals surface area contributed by atoms with E-state index in [4.69, 9.17) is 9.47 Å². The Morgan fingerprint density at radius 1 is 1.08 bits per heavy atom. The minimum atomic E-state index is -0.857. The van der Waals surface area contributed by atoms with E-state index in [-0.39, 0.29) is 45.8 Å². The highest BCUT2D eigenvalue weighted by atomic mass is 16.5. The Kier molecular flexibility index (Phi) is 7.10. The van der Waals surface area contributed by atoms with Crippen LogP contribution >= 0.6 is 0 Å². The molecule has 3 aliphatic carbocycles. The number of ether oxygens (including phenoxy) is 2. The fourth-order valence-electron chi connectivity index (χ4n) is 10.1. The van der Waals surface area contributed by atoms with Crippen LogP contribution in [0.25, 0.3) is 0 Å². The summed E-state index contributed by atoms with van der Waals surface area (Å²) in [4.78, 5) is 12.2. The van der Waals surface area contributed by atoms with Crippen LogP contribution in [-0.4, -0.2) is 46.7 Å². The van der Waals surface area contributed by atoms with Gasteiger partial charge in [0.2, 0.25) is 0 Å². The quantitative estimate of drug-likeness (QED) is 0.340. The number of hydrogen-bond acceptors (Lipinski definition) is 5. The number of carbonyl (C=O) groups is 1. The number of methoxy groups -OCH3 is 1. The van der Waals surface area contributed by atoms with Crippen LogP contribution in [-0.2, 0) is 14.3 Å². The van der Waals surface area contributed by atoms with Crippen molar-refractivity contribution >= 4 is 5.97 Å². The van der Waals surface area contributed by atoms with Gasteiger partial charge in [-0.1, -0.05) is 32.9 Å². The predicted octanol–water partition coefficient (Wildman–Crippen LogP) is 6.06. The van der Waals surface area contributed by atoms with Gasteiger partial charge in [0, 0.05) is 6.42 Å². The summed E-state index contributed by atoms with van der Waals surface area (Å²) in [7, 11) is 1.47. The molecule has 1 saturated heterocycles. The number of allylic oxidation sites excluding steroid dienone is 1. The first-order chi connectivity index (χ1) is 16.5. The molecule has 3 saturated carbocycles. The molecule has 0 aromatic carbocycles. The van der Waals surface area contributed by atoms with Gasteiger partial charge in [-0.05, 0) is 119 Å². The summed E-state index contributed by atoms with van der Waals surface area (Å²) < 4.78 is 11.7.